The van der Waals surface area contributed by atoms with E-state index in [0.29, 0.717) is 5.95 Å². The van der Waals surface area contributed by atoms with Crippen molar-refractivity contribution in [3.05, 3.63) is 11.9 Å². The van der Waals surface area contributed by atoms with Crippen molar-refractivity contribution in [2.75, 3.05) is 35.7 Å². The molecule has 0 saturated heterocycles. The van der Waals surface area contributed by atoms with Crippen molar-refractivity contribution < 1.29 is 0 Å². The van der Waals surface area contributed by atoms with Crippen LogP contribution in [0.25, 0.3) is 0 Å². The largest absolute Gasteiger partial charge is 0.369 e. The van der Waals surface area contributed by atoms with Crippen LogP contribution in [0.3, 0.4) is 0 Å². The number of anilines is 3. The summed E-state index contributed by atoms with van der Waals surface area (Å²) >= 11 is 3.00. The molecule has 2 rings (SSSR count). The lowest BCUT2D eigenvalue weighted by Gasteiger charge is -2.04. The summed E-state index contributed by atoms with van der Waals surface area (Å²) in [5.74, 6) is 3.93. The third-order valence-corrected chi connectivity index (χ3v) is 3.71. The average Bonchev–Trinajstić information content (AvgIpc) is 2.97. The summed E-state index contributed by atoms with van der Waals surface area (Å²) in [6, 6.07) is 0. The molecule has 5 N–H and O–H groups in total. The topological polar surface area (TPSA) is 105 Å². The number of nitrogens with one attached hydrogen (secondary N) is 3. The van der Waals surface area contributed by atoms with Gasteiger partial charge in [-0.1, -0.05) is 0 Å². The Bertz CT molecular complexity index is 481. The van der Waals surface area contributed by atoms with Crippen molar-refractivity contribution in [3.63, 3.8) is 0 Å². The molecule has 0 fully saturated rings. The molecule has 0 aliphatic carbocycles. The number of nitrogens with zero attached hydrogens (tertiary/aromatic N) is 3. The summed E-state index contributed by atoms with van der Waals surface area (Å²) in [5.41, 5.74) is 6.54. The van der Waals surface area contributed by atoms with E-state index >= 15 is 0 Å². The Kier molecular flexibility index (Phi) is 4.65. The Balaban J connectivity index is 1.64. The van der Waals surface area contributed by atoms with E-state index in [4.69, 9.17) is 5.73 Å². The molecule has 0 aliphatic rings. The molecule has 98 valence electrons. The highest BCUT2D eigenvalue weighted by molar-refractivity contribution is 7.98. The van der Waals surface area contributed by atoms with Crippen molar-refractivity contribution in [2.24, 2.45) is 0 Å². The first-order chi connectivity index (χ1) is 8.79. The number of H-pyrrole nitrogens is 1. The van der Waals surface area contributed by atoms with Gasteiger partial charge in [-0.2, -0.15) is 20.5 Å². The number of aromatic amines is 1. The maximum absolute atomic E-state index is 5.50. The van der Waals surface area contributed by atoms with Gasteiger partial charge in [0.25, 0.3) is 0 Å². The highest BCUT2D eigenvalue weighted by Crippen LogP contribution is 2.17. The van der Waals surface area contributed by atoms with Crippen LogP contribution in [0.2, 0.25) is 0 Å². The summed E-state index contributed by atoms with van der Waals surface area (Å²) in [5, 5.41) is 6.22. The highest BCUT2D eigenvalue weighted by Gasteiger charge is 2.04. The Hall–Kier alpha value is -1.48. The van der Waals surface area contributed by atoms with E-state index in [-0.39, 0.29) is 0 Å². The molecule has 0 atom stereocenters. The standard InChI is InChI=1S/C9H15N7S2/c1-11-7-8(16-18-15-7)12-2-3-17-5-6-4-13-9(10)14-6/h4H,2-3,5H2,1H3,(H,11,15)(H,12,16)(H3,10,13,14). The van der Waals surface area contributed by atoms with Crippen LogP contribution in [0.4, 0.5) is 17.6 Å². The number of rotatable bonds is 7. The van der Waals surface area contributed by atoms with E-state index in [9.17, 15) is 0 Å². The SMILES string of the molecule is CNc1nsnc1NCCSCc1cnc(N)[nH]1. The molecule has 2 aromatic rings. The zero-order valence-electron chi connectivity index (χ0n) is 9.93. The number of hydrogen-bond donors (Lipinski definition) is 4. The molecule has 0 aliphatic heterocycles. The molecule has 0 saturated carbocycles. The maximum atomic E-state index is 5.50. The molecule has 0 radical (unpaired) electrons. The van der Waals surface area contributed by atoms with Gasteiger partial charge < -0.3 is 21.4 Å². The molecular formula is C9H15N7S2. The number of nitrogens with two attached hydrogens (primary N) is 1. The van der Waals surface area contributed by atoms with E-state index in [2.05, 4.69) is 29.3 Å². The van der Waals surface area contributed by atoms with E-state index in [1.54, 1.807) is 18.0 Å². The summed E-state index contributed by atoms with van der Waals surface area (Å²) < 4.78 is 8.27. The lowest BCUT2D eigenvalue weighted by molar-refractivity contribution is 1.18. The van der Waals surface area contributed by atoms with E-state index in [0.717, 1.165) is 35.4 Å². The molecular weight excluding hydrogens is 270 g/mol. The van der Waals surface area contributed by atoms with Crippen molar-refractivity contribution >= 4 is 41.1 Å². The fourth-order valence-corrected chi connectivity index (χ4v) is 2.63. The summed E-state index contributed by atoms with van der Waals surface area (Å²) in [6.45, 7) is 0.842. The second-order valence-electron chi connectivity index (χ2n) is 3.48. The Morgan fingerprint density at radius 3 is 3.00 bits per heavy atom. The lowest BCUT2D eigenvalue weighted by Crippen LogP contribution is -2.06. The van der Waals surface area contributed by atoms with Gasteiger partial charge in [-0.25, -0.2) is 4.98 Å². The van der Waals surface area contributed by atoms with Gasteiger partial charge in [0.15, 0.2) is 17.6 Å². The van der Waals surface area contributed by atoms with Crippen LogP contribution in [-0.2, 0) is 5.75 Å². The number of aromatic nitrogens is 4. The van der Waals surface area contributed by atoms with Crippen LogP contribution in [0.1, 0.15) is 5.69 Å². The van der Waals surface area contributed by atoms with Crippen LogP contribution in [0.15, 0.2) is 6.20 Å². The molecule has 0 bridgehead atoms. The van der Waals surface area contributed by atoms with Gasteiger partial charge in [-0.05, 0) is 0 Å². The first-order valence-electron chi connectivity index (χ1n) is 5.41. The van der Waals surface area contributed by atoms with Crippen LogP contribution in [0.5, 0.6) is 0 Å². The minimum Gasteiger partial charge on any atom is -0.369 e. The van der Waals surface area contributed by atoms with Crippen LogP contribution in [-0.4, -0.2) is 38.1 Å². The van der Waals surface area contributed by atoms with Gasteiger partial charge in [0.1, 0.15) is 0 Å². The van der Waals surface area contributed by atoms with Gasteiger partial charge in [-0.15, -0.1) is 0 Å². The van der Waals surface area contributed by atoms with Crippen molar-refractivity contribution in [1.29, 1.82) is 0 Å². The Morgan fingerprint density at radius 1 is 1.44 bits per heavy atom. The van der Waals surface area contributed by atoms with Gasteiger partial charge in [0, 0.05) is 30.8 Å². The normalized spacial score (nSPS) is 10.5. The molecule has 0 aromatic carbocycles. The van der Waals surface area contributed by atoms with Crippen molar-refractivity contribution in [1.82, 2.24) is 18.7 Å². The zero-order chi connectivity index (χ0) is 12.8. The van der Waals surface area contributed by atoms with Crippen LogP contribution < -0.4 is 16.4 Å². The predicted molar refractivity (Wildman–Crippen MR) is 77.1 cm³/mol. The predicted octanol–water partition coefficient (Wildman–Crippen LogP) is 1.23. The fraction of sp³-hybridized carbons (Fsp3) is 0.444. The summed E-state index contributed by atoms with van der Waals surface area (Å²) in [6.07, 6.45) is 1.76. The van der Waals surface area contributed by atoms with Gasteiger partial charge in [0.2, 0.25) is 0 Å². The minimum atomic E-state index is 0.468. The molecule has 18 heavy (non-hydrogen) atoms. The van der Waals surface area contributed by atoms with Gasteiger partial charge in [0.05, 0.1) is 17.9 Å². The first-order valence-corrected chi connectivity index (χ1v) is 7.29. The average molecular weight is 285 g/mol. The third-order valence-electron chi connectivity index (χ3n) is 2.17. The number of imidazole rings is 1. The number of thioether (sulfide) groups is 1. The second-order valence-corrected chi connectivity index (χ2v) is 5.12. The number of nitrogen functional groups attached to an aromatic ring is 1. The molecule has 0 spiro atoms. The Labute approximate surface area is 113 Å². The molecule has 0 unspecified atom stereocenters. The van der Waals surface area contributed by atoms with E-state index < -0.39 is 0 Å². The van der Waals surface area contributed by atoms with Gasteiger partial charge in [-0.3, -0.25) is 0 Å². The summed E-state index contributed by atoms with van der Waals surface area (Å²) in [7, 11) is 1.83. The van der Waals surface area contributed by atoms with Crippen LogP contribution >= 0.6 is 23.5 Å². The Morgan fingerprint density at radius 2 is 2.28 bits per heavy atom. The number of hydrogen-bond acceptors (Lipinski definition) is 8. The van der Waals surface area contributed by atoms with Crippen LogP contribution in [0, 0.1) is 0 Å². The second kappa shape index (κ2) is 6.45. The zero-order valence-corrected chi connectivity index (χ0v) is 11.6. The quantitative estimate of drug-likeness (QED) is 0.567. The minimum absolute atomic E-state index is 0.468. The van der Waals surface area contributed by atoms with Gasteiger partial charge >= 0.3 is 0 Å². The van der Waals surface area contributed by atoms with E-state index in [1.165, 1.54) is 11.7 Å². The summed E-state index contributed by atoms with van der Waals surface area (Å²) in [4.78, 5) is 6.94. The molecule has 9 heteroatoms. The van der Waals surface area contributed by atoms with Crippen molar-refractivity contribution in [3.8, 4) is 0 Å². The first kappa shape index (κ1) is 13.0. The maximum Gasteiger partial charge on any atom is 0.197 e. The molecule has 2 heterocycles. The molecule has 7 nitrogen and oxygen atoms in total. The molecule has 2 aromatic heterocycles. The highest BCUT2D eigenvalue weighted by atomic mass is 32.2. The van der Waals surface area contributed by atoms with Crippen molar-refractivity contribution in [2.45, 2.75) is 5.75 Å². The smallest absolute Gasteiger partial charge is 0.197 e. The van der Waals surface area contributed by atoms with E-state index in [1.807, 2.05) is 7.05 Å². The monoisotopic (exact) mass is 285 g/mol. The molecule has 0 amide bonds. The third kappa shape index (κ3) is 3.50. The lowest BCUT2D eigenvalue weighted by atomic mass is 10.6. The fourth-order valence-electron chi connectivity index (χ4n) is 1.34.